The van der Waals surface area contributed by atoms with Crippen LogP contribution < -0.4 is 14.8 Å². The zero-order valence-corrected chi connectivity index (χ0v) is 16.8. The summed E-state index contributed by atoms with van der Waals surface area (Å²) in [6.45, 7) is 0. The third-order valence-electron chi connectivity index (χ3n) is 3.77. The number of rotatable bonds is 7. The zero-order valence-electron chi connectivity index (χ0n) is 16.0. The summed E-state index contributed by atoms with van der Waals surface area (Å²) >= 11 is 0. The molecule has 0 amide bonds. The van der Waals surface area contributed by atoms with Crippen molar-refractivity contribution in [3.63, 3.8) is 0 Å². The first-order valence-electron chi connectivity index (χ1n) is 8.62. The van der Waals surface area contributed by atoms with E-state index in [0.717, 1.165) is 0 Å². The molecule has 1 unspecified atom stereocenters. The van der Waals surface area contributed by atoms with Gasteiger partial charge in [0.1, 0.15) is 22.4 Å². The molecule has 3 rings (SSSR count). The van der Waals surface area contributed by atoms with Gasteiger partial charge in [-0.1, -0.05) is 0 Å². The predicted molar refractivity (Wildman–Crippen MR) is 104 cm³/mol. The van der Waals surface area contributed by atoms with Crippen LogP contribution in [-0.2, 0) is 11.0 Å². The SMILES string of the molecule is CNc1nccc(-c2cccnc2Oc2cc(F)c(NS(=O)CC(F)(F)F)c(F)c2F)n1. The highest BCUT2D eigenvalue weighted by atomic mass is 32.2. The number of pyridine rings is 1. The Kier molecular flexibility index (Phi) is 6.81. The van der Waals surface area contributed by atoms with Crippen LogP contribution in [0, 0.1) is 17.5 Å². The standard InChI is InChI=1S/C18H13F6N5O2S/c1-25-17-27-6-4-11(28-17)9-3-2-5-26-16(9)31-12-7-10(19)15(14(21)13(12)20)29-32(30)8-18(22,23)24/h2-7,29H,8H2,1H3,(H,25,27,28). The molecule has 7 nitrogen and oxygen atoms in total. The predicted octanol–water partition coefficient (Wildman–Crippen LogP) is 4.43. The number of nitrogens with one attached hydrogen (secondary N) is 2. The average Bonchev–Trinajstić information content (AvgIpc) is 2.74. The lowest BCUT2D eigenvalue weighted by Gasteiger charge is -2.14. The Morgan fingerprint density at radius 1 is 1.09 bits per heavy atom. The van der Waals surface area contributed by atoms with E-state index in [1.165, 1.54) is 35.3 Å². The van der Waals surface area contributed by atoms with Crippen LogP contribution in [0.25, 0.3) is 11.3 Å². The zero-order chi connectivity index (χ0) is 23.5. The number of benzene rings is 1. The first-order valence-corrected chi connectivity index (χ1v) is 9.94. The Hall–Kier alpha value is -3.42. The molecule has 0 fully saturated rings. The number of hydrogen-bond donors (Lipinski definition) is 2. The van der Waals surface area contributed by atoms with E-state index in [1.54, 1.807) is 7.05 Å². The highest BCUT2D eigenvalue weighted by Gasteiger charge is 2.32. The van der Waals surface area contributed by atoms with E-state index < -0.39 is 51.8 Å². The molecule has 3 aromatic rings. The van der Waals surface area contributed by atoms with Gasteiger partial charge >= 0.3 is 6.18 Å². The smallest absolute Gasteiger partial charge is 0.402 e. The maximum absolute atomic E-state index is 14.5. The van der Waals surface area contributed by atoms with E-state index in [4.69, 9.17) is 4.74 Å². The summed E-state index contributed by atoms with van der Waals surface area (Å²) in [6, 6.07) is 4.91. The lowest BCUT2D eigenvalue weighted by Crippen LogP contribution is -2.23. The summed E-state index contributed by atoms with van der Waals surface area (Å²) < 4.78 is 98.1. The van der Waals surface area contributed by atoms with Crippen LogP contribution in [0.1, 0.15) is 0 Å². The summed E-state index contributed by atoms with van der Waals surface area (Å²) in [6.07, 6.45) is -2.16. The maximum atomic E-state index is 14.5. The molecule has 0 aliphatic carbocycles. The van der Waals surface area contributed by atoms with Crippen molar-refractivity contribution in [1.29, 1.82) is 0 Å². The molecule has 0 saturated carbocycles. The monoisotopic (exact) mass is 477 g/mol. The van der Waals surface area contributed by atoms with Crippen molar-refractivity contribution in [3.05, 3.63) is 54.1 Å². The van der Waals surface area contributed by atoms with Gasteiger partial charge in [-0.2, -0.15) is 17.6 Å². The van der Waals surface area contributed by atoms with Gasteiger partial charge in [-0.15, -0.1) is 0 Å². The van der Waals surface area contributed by atoms with Gasteiger partial charge in [0.2, 0.25) is 17.6 Å². The Morgan fingerprint density at radius 2 is 1.84 bits per heavy atom. The molecule has 0 aliphatic rings. The third-order valence-corrected chi connectivity index (χ3v) is 4.79. The summed E-state index contributed by atoms with van der Waals surface area (Å²) in [5.74, 6) is -7.99. The van der Waals surface area contributed by atoms with Crippen LogP contribution >= 0.6 is 0 Å². The summed E-state index contributed by atoms with van der Waals surface area (Å²) in [4.78, 5) is 12.0. The third kappa shape index (κ3) is 5.43. The summed E-state index contributed by atoms with van der Waals surface area (Å²) in [5.41, 5.74) is -0.789. The molecule has 0 aliphatic heterocycles. The summed E-state index contributed by atoms with van der Waals surface area (Å²) in [7, 11) is -1.36. The van der Waals surface area contributed by atoms with Gasteiger partial charge in [0.15, 0.2) is 17.4 Å². The van der Waals surface area contributed by atoms with Gasteiger partial charge in [0, 0.05) is 25.5 Å². The van der Waals surface area contributed by atoms with Crippen molar-refractivity contribution in [2.45, 2.75) is 6.18 Å². The molecule has 170 valence electrons. The Bertz CT molecular complexity index is 1160. The molecule has 0 saturated heterocycles. The van der Waals surface area contributed by atoms with Crippen molar-refractivity contribution in [3.8, 4) is 22.9 Å². The quantitative estimate of drug-likeness (QED) is 0.387. The highest BCUT2D eigenvalue weighted by Crippen LogP contribution is 2.35. The van der Waals surface area contributed by atoms with Crippen LogP contribution in [0.2, 0.25) is 0 Å². The van der Waals surface area contributed by atoms with Gasteiger partial charge in [-0.25, -0.2) is 27.9 Å². The molecule has 2 heterocycles. The number of nitrogens with zero attached hydrogens (tertiary/aromatic N) is 3. The van der Waals surface area contributed by atoms with Crippen molar-refractivity contribution < 1.29 is 35.3 Å². The van der Waals surface area contributed by atoms with E-state index in [0.29, 0.717) is 11.8 Å². The number of halogens is 6. The lowest BCUT2D eigenvalue weighted by molar-refractivity contribution is -0.105. The number of anilines is 2. The van der Waals surface area contributed by atoms with Crippen LogP contribution in [0.15, 0.2) is 36.7 Å². The van der Waals surface area contributed by atoms with Gasteiger partial charge in [-0.05, 0) is 18.2 Å². The van der Waals surface area contributed by atoms with E-state index in [-0.39, 0.29) is 17.4 Å². The van der Waals surface area contributed by atoms with Crippen LogP contribution in [0.4, 0.5) is 38.0 Å². The van der Waals surface area contributed by atoms with E-state index in [9.17, 15) is 30.6 Å². The number of hydrogen-bond acceptors (Lipinski definition) is 6. The van der Waals surface area contributed by atoms with E-state index >= 15 is 0 Å². The molecule has 2 aromatic heterocycles. The second kappa shape index (κ2) is 9.38. The topological polar surface area (TPSA) is 89.0 Å². The minimum absolute atomic E-state index is 0.236. The Morgan fingerprint density at radius 3 is 2.53 bits per heavy atom. The molecule has 1 aromatic carbocycles. The molecule has 1 atom stereocenters. The van der Waals surface area contributed by atoms with Crippen LogP contribution in [-0.4, -0.2) is 38.1 Å². The number of aromatic nitrogens is 3. The molecule has 0 radical (unpaired) electrons. The molecule has 0 bridgehead atoms. The fourth-order valence-corrected chi connectivity index (χ4v) is 3.22. The number of alkyl halides is 3. The second-order valence-corrected chi connectivity index (χ2v) is 7.22. The van der Waals surface area contributed by atoms with Crippen molar-refractivity contribution in [1.82, 2.24) is 15.0 Å². The molecular formula is C18H13F6N5O2S. The minimum Gasteiger partial charge on any atom is -0.435 e. The van der Waals surface area contributed by atoms with Gasteiger partial charge in [0.05, 0.1) is 11.3 Å². The van der Waals surface area contributed by atoms with Gasteiger partial charge < -0.3 is 10.1 Å². The molecular weight excluding hydrogens is 464 g/mol. The molecule has 0 spiro atoms. The molecule has 14 heteroatoms. The van der Waals surface area contributed by atoms with Crippen molar-refractivity contribution >= 4 is 22.6 Å². The van der Waals surface area contributed by atoms with Gasteiger partial charge in [0.25, 0.3) is 0 Å². The fraction of sp³-hybridized carbons (Fsp3) is 0.167. The van der Waals surface area contributed by atoms with Gasteiger partial charge in [-0.3, -0.25) is 4.72 Å². The van der Waals surface area contributed by atoms with Crippen LogP contribution in [0.3, 0.4) is 0 Å². The van der Waals surface area contributed by atoms with Crippen LogP contribution in [0.5, 0.6) is 11.6 Å². The number of ether oxygens (including phenoxy) is 1. The second-order valence-electron chi connectivity index (χ2n) is 6.04. The Balaban J connectivity index is 1.93. The van der Waals surface area contributed by atoms with Crippen molar-refractivity contribution in [2.75, 3.05) is 22.8 Å². The van der Waals surface area contributed by atoms with E-state index in [2.05, 4.69) is 20.3 Å². The first kappa shape index (κ1) is 23.2. The normalized spacial score (nSPS) is 12.3. The van der Waals surface area contributed by atoms with E-state index in [1.807, 2.05) is 0 Å². The fourth-order valence-electron chi connectivity index (χ4n) is 2.44. The average molecular weight is 477 g/mol. The molecule has 2 N–H and O–H groups in total. The largest absolute Gasteiger partial charge is 0.435 e. The maximum Gasteiger partial charge on any atom is 0.402 e. The first-order chi connectivity index (χ1) is 15.1. The Labute approximate surface area is 179 Å². The lowest BCUT2D eigenvalue weighted by atomic mass is 10.2. The molecule has 32 heavy (non-hydrogen) atoms. The minimum atomic E-state index is -4.87. The summed E-state index contributed by atoms with van der Waals surface area (Å²) in [5, 5.41) is 2.72. The highest BCUT2D eigenvalue weighted by molar-refractivity contribution is 7.86. The van der Waals surface area contributed by atoms with Crippen molar-refractivity contribution in [2.24, 2.45) is 0 Å².